The van der Waals surface area contributed by atoms with E-state index in [0.29, 0.717) is 24.8 Å². The molecule has 16 heavy (non-hydrogen) atoms. The molecule has 1 atom stereocenters. The van der Waals surface area contributed by atoms with Gasteiger partial charge in [0.2, 0.25) is 0 Å². The van der Waals surface area contributed by atoms with E-state index in [4.69, 9.17) is 26.8 Å². The van der Waals surface area contributed by atoms with Crippen LogP contribution in [0, 0.1) is 0 Å². The molecule has 0 saturated carbocycles. The van der Waals surface area contributed by atoms with Crippen LogP contribution in [0.2, 0.25) is 5.02 Å². The van der Waals surface area contributed by atoms with Gasteiger partial charge >= 0.3 is 0 Å². The lowest BCUT2D eigenvalue weighted by Gasteiger charge is -2.17. The summed E-state index contributed by atoms with van der Waals surface area (Å²) in [5, 5.41) is 0.649. The molecule has 1 aromatic rings. The Labute approximate surface area is 101 Å². The van der Waals surface area contributed by atoms with Crippen molar-refractivity contribution in [2.75, 3.05) is 13.2 Å². The highest BCUT2D eigenvalue weighted by atomic mass is 35.5. The SMILES string of the molecule is CCOCC(C)Oc1cc(Cl)ccc1CN. The van der Waals surface area contributed by atoms with Crippen LogP contribution in [0.3, 0.4) is 0 Å². The smallest absolute Gasteiger partial charge is 0.125 e. The van der Waals surface area contributed by atoms with E-state index >= 15 is 0 Å². The number of rotatable bonds is 6. The van der Waals surface area contributed by atoms with Crippen LogP contribution in [0.1, 0.15) is 19.4 Å². The molecule has 0 amide bonds. The Morgan fingerprint density at radius 3 is 2.81 bits per heavy atom. The Balaban J connectivity index is 2.67. The first-order valence-corrected chi connectivity index (χ1v) is 5.78. The summed E-state index contributed by atoms with van der Waals surface area (Å²) in [6, 6.07) is 5.47. The summed E-state index contributed by atoms with van der Waals surface area (Å²) in [5.41, 5.74) is 6.57. The summed E-state index contributed by atoms with van der Waals surface area (Å²) in [6.07, 6.45) is -0.0104. The summed E-state index contributed by atoms with van der Waals surface area (Å²) in [7, 11) is 0. The topological polar surface area (TPSA) is 44.5 Å². The predicted molar refractivity (Wildman–Crippen MR) is 65.9 cm³/mol. The first kappa shape index (κ1) is 13.3. The number of nitrogens with two attached hydrogens (primary N) is 1. The van der Waals surface area contributed by atoms with Crippen molar-refractivity contribution in [3.05, 3.63) is 28.8 Å². The fourth-order valence-corrected chi connectivity index (χ4v) is 1.50. The quantitative estimate of drug-likeness (QED) is 0.835. The van der Waals surface area contributed by atoms with Crippen molar-refractivity contribution >= 4 is 11.6 Å². The van der Waals surface area contributed by atoms with Crippen molar-refractivity contribution in [2.24, 2.45) is 5.73 Å². The maximum atomic E-state index is 5.91. The van der Waals surface area contributed by atoms with Gasteiger partial charge in [0.05, 0.1) is 6.61 Å². The van der Waals surface area contributed by atoms with Crippen molar-refractivity contribution < 1.29 is 9.47 Å². The molecule has 90 valence electrons. The molecular formula is C12H18ClNO2. The highest BCUT2D eigenvalue weighted by Gasteiger charge is 2.08. The summed E-state index contributed by atoms with van der Waals surface area (Å²) in [4.78, 5) is 0. The van der Waals surface area contributed by atoms with Gasteiger partial charge in [-0.25, -0.2) is 0 Å². The van der Waals surface area contributed by atoms with E-state index in [9.17, 15) is 0 Å². The molecule has 0 spiro atoms. The van der Waals surface area contributed by atoms with Crippen LogP contribution in [0.25, 0.3) is 0 Å². The second-order valence-electron chi connectivity index (χ2n) is 3.54. The number of benzene rings is 1. The molecule has 0 aliphatic rings. The Morgan fingerprint density at radius 2 is 2.19 bits per heavy atom. The molecule has 1 rings (SSSR count). The zero-order valence-corrected chi connectivity index (χ0v) is 10.5. The Bertz CT molecular complexity index is 331. The average Bonchev–Trinajstić information content (AvgIpc) is 2.27. The summed E-state index contributed by atoms with van der Waals surface area (Å²) in [5.74, 6) is 0.738. The van der Waals surface area contributed by atoms with Gasteiger partial charge in [-0.1, -0.05) is 17.7 Å². The van der Waals surface area contributed by atoms with Gasteiger partial charge < -0.3 is 15.2 Å². The van der Waals surface area contributed by atoms with Gasteiger partial charge in [-0.3, -0.25) is 0 Å². The maximum absolute atomic E-state index is 5.91. The van der Waals surface area contributed by atoms with Crippen molar-refractivity contribution in [3.63, 3.8) is 0 Å². The summed E-state index contributed by atoms with van der Waals surface area (Å²) < 4.78 is 11.0. The molecule has 0 aliphatic carbocycles. The van der Waals surface area contributed by atoms with Gasteiger partial charge in [-0.2, -0.15) is 0 Å². The Morgan fingerprint density at radius 1 is 1.44 bits per heavy atom. The van der Waals surface area contributed by atoms with Crippen molar-refractivity contribution in [1.82, 2.24) is 0 Å². The van der Waals surface area contributed by atoms with Crippen LogP contribution in [0.15, 0.2) is 18.2 Å². The van der Waals surface area contributed by atoms with Crippen LogP contribution in [-0.4, -0.2) is 19.3 Å². The molecule has 0 radical (unpaired) electrons. The standard InChI is InChI=1S/C12H18ClNO2/c1-3-15-8-9(2)16-12-6-11(13)5-4-10(12)7-14/h4-6,9H,3,7-8,14H2,1-2H3. The second-order valence-corrected chi connectivity index (χ2v) is 3.98. The first-order valence-electron chi connectivity index (χ1n) is 5.40. The Hall–Kier alpha value is -0.770. The second kappa shape index (κ2) is 6.74. The van der Waals surface area contributed by atoms with E-state index < -0.39 is 0 Å². The van der Waals surface area contributed by atoms with Crippen LogP contribution in [-0.2, 0) is 11.3 Å². The molecule has 0 aliphatic heterocycles. The van der Waals surface area contributed by atoms with E-state index in [0.717, 1.165) is 11.3 Å². The third kappa shape index (κ3) is 4.00. The van der Waals surface area contributed by atoms with Crippen LogP contribution >= 0.6 is 11.6 Å². The molecule has 0 heterocycles. The number of halogens is 1. The van der Waals surface area contributed by atoms with E-state index in [1.54, 1.807) is 6.07 Å². The van der Waals surface area contributed by atoms with Gasteiger partial charge in [-0.05, 0) is 26.0 Å². The molecule has 1 aromatic carbocycles. The van der Waals surface area contributed by atoms with Crippen molar-refractivity contribution in [1.29, 1.82) is 0 Å². The van der Waals surface area contributed by atoms with Crippen LogP contribution < -0.4 is 10.5 Å². The molecule has 0 aromatic heterocycles. The molecular weight excluding hydrogens is 226 g/mol. The largest absolute Gasteiger partial charge is 0.488 e. The minimum absolute atomic E-state index is 0.0104. The minimum Gasteiger partial charge on any atom is -0.488 e. The van der Waals surface area contributed by atoms with E-state index in [1.807, 2.05) is 26.0 Å². The maximum Gasteiger partial charge on any atom is 0.125 e. The first-order chi connectivity index (χ1) is 7.67. The fraction of sp³-hybridized carbons (Fsp3) is 0.500. The highest BCUT2D eigenvalue weighted by molar-refractivity contribution is 6.30. The zero-order valence-electron chi connectivity index (χ0n) is 9.70. The third-order valence-electron chi connectivity index (χ3n) is 2.13. The summed E-state index contributed by atoms with van der Waals surface area (Å²) >= 11 is 5.91. The van der Waals surface area contributed by atoms with E-state index in [-0.39, 0.29) is 6.10 Å². The van der Waals surface area contributed by atoms with Gasteiger partial charge in [0.1, 0.15) is 11.9 Å². The van der Waals surface area contributed by atoms with E-state index in [2.05, 4.69) is 0 Å². The summed E-state index contributed by atoms with van der Waals surface area (Å²) in [6.45, 7) is 5.60. The van der Waals surface area contributed by atoms with Crippen molar-refractivity contribution in [3.8, 4) is 5.75 Å². The lowest BCUT2D eigenvalue weighted by atomic mass is 10.2. The average molecular weight is 244 g/mol. The van der Waals surface area contributed by atoms with Gasteiger partial charge in [-0.15, -0.1) is 0 Å². The third-order valence-corrected chi connectivity index (χ3v) is 2.37. The lowest BCUT2D eigenvalue weighted by molar-refractivity contribution is 0.0652. The fourth-order valence-electron chi connectivity index (χ4n) is 1.34. The molecule has 3 nitrogen and oxygen atoms in total. The zero-order chi connectivity index (χ0) is 12.0. The molecule has 0 fully saturated rings. The molecule has 4 heteroatoms. The van der Waals surface area contributed by atoms with Crippen LogP contribution in [0.4, 0.5) is 0 Å². The molecule has 1 unspecified atom stereocenters. The predicted octanol–water partition coefficient (Wildman–Crippen LogP) is 2.60. The Kier molecular flexibility index (Phi) is 5.60. The normalized spacial score (nSPS) is 12.5. The van der Waals surface area contributed by atoms with Crippen LogP contribution in [0.5, 0.6) is 5.75 Å². The number of hydrogen-bond acceptors (Lipinski definition) is 3. The molecule has 2 N–H and O–H groups in total. The minimum atomic E-state index is -0.0104. The molecule has 0 bridgehead atoms. The lowest BCUT2D eigenvalue weighted by Crippen LogP contribution is -2.20. The van der Waals surface area contributed by atoms with E-state index in [1.165, 1.54) is 0 Å². The van der Waals surface area contributed by atoms with Gasteiger partial charge in [0.25, 0.3) is 0 Å². The number of hydrogen-bond donors (Lipinski definition) is 1. The highest BCUT2D eigenvalue weighted by Crippen LogP contribution is 2.24. The molecule has 0 saturated heterocycles. The van der Waals surface area contributed by atoms with Gasteiger partial charge in [0, 0.05) is 23.7 Å². The monoisotopic (exact) mass is 243 g/mol. The van der Waals surface area contributed by atoms with Gasteiger partial charge in [0.15, 0.2) is 0 Å². The van der Waals surface area contributed by atoms with Crippen molar-refractivity contribution in [2.45, 2.75) is 26.5 Å². The number of ether oxygens (including phenoxy) is 2.